The van der Waals surface area contributed by atoms with Gasteiger partial charge in [0.1, 0.15) is 5.41 Å². The van der Waals surface area contributed by atoms with Gasteiger partial charge in [-0.2, -0.15) is 0 Å². The Morgan fingerprint density at radius 1 is 0.815 bits per heavy atom. The second-order valence-corrected chi connectivity index (χ2v) is 5.46. The highest BCUT2D eigenvalue weighted by Gasteiger charge is 2.31. The number of ether oxygens (including phenoxy) is 1. The van der Waals surface area contributed by atoms with E-state index >= 15 is 0 Å². The van der Waals surface area contributed by atoms with Crippen molar-refractivity contribution in [3.05, 3.63) is 0 Å². The topological polar surface area (TPSA) is 165 Å². The molecule has 0 aromatic heterocycles. The highest BCUT2D eigenvalue weighted by molar-refractivity contribution is 5.74. The molecule has 0 spiro atoms. The van der Waals surface area contributed by atoms with E-state index < -0.39 is 30.6 Å². The number of methoxy groups -OCH3 is 1. The SMILES string of the molecule is C1CCCCC1.CC(CO)(CO)C(=O)O.CCC(=O)O.CO.CO.COC. The van der Waals surface area contributed by atoms with Gasteiger partial charge in [0.15, 0.2) is 0 Å². The molecule has 1 saturated carbocycles. The molecule has 0 amide bonds. The fourth-order valence-corrected chi connectivity index (χ4v) is 1.25. The van der Waals surface area contributed by atoms with Crippen molar-refractivity contribution < 1.29 is 45.0 Å². The lowest BCUT2D eigenvalue weighted by atomic mass is 9.94. The van der Waals surface area contributed by atoms with E-state index in [2.05, 4.69) is 4.74 Å². The van der Waals surface area contributed by atoms with Crippen LogP contribution in [-0.2, 0) is 14.3 Å². The summed E-state index contributed by atoms with van der Waals surface area (Å²) in [6.07, 6.45) is 9.22. The van der Waals surface area contributed by atoms with Crippen molar-refractivity contribution in [1.29, 1.82) is 0 Å². The van der Waals surface area contributed by atoms with Crippen LogP contribution in [0.15, 0.2) is 0 Å². The lowest BCUT2D eigenvalue weighted by Crippen LogP contribution is -2.35. The van der Waals surface area contributed by atoms with Gasteiger partial charge in [-0.15, -0.1) is 0 Å². The average molecular weight is 403 g/mol. The smallest absolute Gasteiger partial charge is 0.314 e. The molecule has 6 N–H and O–H groups in total. The summed E-state index contributed by atoms with van der Waals surface area (Å²) < 4.78 is 4.25. The molecule has 1 fully saturated rings. The number of aliphatic carboxylic acids is 2. The van der Waals surface area contributed by atoms with Crippen molar-refractivity contribution >= 4 is 11.9 Å². The van der Waals surface area contributed by atoms with Crippen molar-refractivity contribution in [2.75, 3.05) is 41.7 Å². The Morgan fingerprint density at radius 2 is 1.00 bits per heavy atom. The van der Waals surface area contributed by atoms with Gasteiger partial charge in [-0.25, -0.2) is 0 Å². The van der Waals surface area contributed by atoms with E-state index in [1.54, 1.807) is 21.1 Å². The molecule has 0 aromatic carbocycles. The highest BCUT2D eigenvalue weighted by atomic mass is 16.4. The molecule has 0 heterocycles. The molecule has 0 radical (unpaired) electrons. The number of hydrogen-bond acceptors (Lipinski definition) is 7. The Morgan fingerprint density at radius 3 is 1.04 bits per heavy atom. The van der Waals surface area contributed by atoms with Crippen LogP contribution in [0.25, 0.3) is 0 Å². The Hall–Kier alpha value is -1.26. The maximum Gasteiger partial charge on any atom is 0.314 e. The zero-order valence-corrected chi connectivity index (χ0v) is 17.8. The normalized spacial score (nSPS) is 11.6. The first-order chi connectivity index (χ1) is 12.7. The summed E-state index contributed by atoms with van der Waals surface area (Å²) in [6, 6.07) is 0. The lowest BCUT2D eigenvalue weighted by Gasteiger charge is -2.17. The molecule has 1 rings (SSSR count). The Labute approximate surface area is 163 Å². The fraction of sp³-hybridized carbons (Fsp3) is 0.889. The van der Waals surface area contributed by atoms with E-state index in [1.165, 1.54) is 45.4 Å². The zero-order valence-electron chi connectivity index (χ0n) is 17.8. The largest absolute Gasteiger partial charge is 0.481 e. The van der Waals surface area contributed by atoms with Gasteiger partial charge in [-0.3, -0.25) is 9.59 Å². The summed E-state index contributed by atoms with van der Waals surface area (Å²) in [7, 11) is 5.25. The number of aliphatic hydroxyl groups excluding tert-OH is 4. The van der Waals surface area contributed by atoms with Crippen molar-refractivity contribution in [2.24, 2.45) is 5.41 Å². The van der Waals surface area contributed by atoms with Crippen LogP contribution >= 0.6 is 0 Å². The first kappa shape index (κ1) is 36.6. The van der Waals surface area contributed by atoms with Crippen molar-refractivity contribution in [3.8, 4) is 0 Å². The maximum atomic E-state index is 10.2. The van der Waals surface area contributed by atoms with Gasteiger partial charge in [0.05, 0.1) is 13.2 Å². The molecule has 168 valence electrons. The van der Waals surface area contributed by atoms with Gasteiger partial charge in [0, 0.05) is 34.9 Å². The number of rotatable bonds is 4. The van der Waals surface area contributed by atoms with Crippen LogP contribution in [0.4, 0.5) is 0 Å². The van der Waals surface area contributed by atoms with E-state index in [0.717, 1.165) is 14.2 Å². The minimum Gasteiger partial charge on any atom is -0.481 e. The molecule has 0 aliphatic heterocycles. The van der Waals surface area contributed by atoms with E-state index in [4.69, 9.17) is 30.6 Å². The molecule has 0 unspecified atom stereocenters. The van der Waals surface area contributed by atoms with Crippen LogP contribution in [0.2, 0.25) is 0 Å². The van der Waals surface area contributed by atoms with Crippen LogP contribution < -0.4 is 0 Å². The van der Waals surface area contributed by atoms with Crippen LogP contribution in [0.1, 0.15) is 58.8 Å². The third kappa shape index (κ3) is 36.4. The van der Waals surface area contributed by atoms with Crippen LogP contribution in [0.3, 0.4) is 0 Å². The molecule has 1 aliphatic carbocycles. The van der Waals surface area contributed by atoms with Gasteiger partial charge in [0.2, 0.25) is 0 Å². The zero-order chi connectivity index (χ0) is 22.7. The molecule has 9 nitrogen and oxygen atoms in total. The Bertz CT molecular complexity index is 264. The molecule has 0 atom stereocenters. The van der Waals surface area contributed by atoms with Crippen LogP contribution in [0, 0.1) is 5.41 Å². The van der Waals surface area contributed by atoms with E-state index in [0.29, 0.717) is 0 Å². The predicted molar refractivity (Wildman–Crippen MR) is 105 cm³/mol. The molecule has 27 heavy (non-hydrogen) atoms. The molecule has 0 aromatic rings. The van der Waals surface area contributed by atoms with Crippen molar-refractivity contribution in [1.82, 2.24) is 0 Å². The quantitative estimate of drug-likeness (QED) is 0.407. The summed E-state index contributed by atoms with van der Waals surface area (Å²) in [6.45, 7) is 1.79. The molecular formula is C18H42O9. The molecule has 0 bridgehead atoms. The number of hydrogen-bond donors (Lipinski definition) is 6. The molecule has 1 aliphatic rings. The molecule has 0 saturated heterocycles. The minimum atomic E-state index is -1.39. The minimum absolute atomic E-state index is 0.222. The first-order valence-electron chi connectivity index (χ1n) is 8.72. The predicted octanol–water partition coefficient (Wildman–Crippen LogP) is 1.36. The van der Waals surface area contributed by atoms with E-state index in [-0.39, 0.29) is 6.42 Å². The monoisotopic (exact) mass is 402 g/mol. The number of carboxylic acid groups (broad SMARTS) is 2. The van der Waals surface area contributed by atoms with Crippen LogP contribution in [0.5, 0.6) is 0 Å². The summed E-state index contributed by atoms with van der Waals surface area (Å²) in [4.78, 5) is 19.5. The van der Waals surface area contributed by atoms with Gasteiger partial charge in [0.25, 0.3) is 0 Å². The first-order valence-corrected chi connectivity index (χ1v) is 8.72. The summed E-state index contributed by atoms with van der Waals surface area (Å²) in [5, 5.41) is 46.9. The molecule has 9 heteroatoms. The summed E-state index contributed by atoms with van der Waals surface area (Å²) in [5.74, 6) is -1.93. The second-order valence-electron chi connectivity index (χ2n) is 5.46. The van der Waals surface area contributed by atoms with Crippen molar-refractivity contribution in [3.63, 3.8) is 0 Å². The average Bonchev–Trinajstić information content (AvgIpc) is 2.73. The highest BCUT2D eigenvalue weighted by Crippen LogP contribution is 2.15. The summed E-state index contributed by atoms with van der Waals surface area (Å²) >= 11 is 0. The van der Waals surface area contributed by atoms with E-state index in [1.807, 2.05) is 0 Å². The number of carboxylic acids is 2. The lowest BCUT2D eigenvalue weighted by molar-refractivity contribution is -0.153. The fourth-order valence-electron chi connectivity index (χ4n) is 1.25. The van der Waals surface area contributed by atoms with E-state index in [9.17, 15) is 9.59 Å². The third-order valence-electron chi connectivity index (χ3n) is 3.02. The van der Waals surface area contributed by atoms with Gasteiger partial charge in [-0.05, 0) is 6.92 Å². The second kappa shape index (κ2) is 32.4. The van der Waals surface area contributed by atoms with Gasteiger partial charge >= 0.3 is 11.9 Å². The Kier molecular flexibility index (Phi) is 44.0. The van der Waals surface area contributed by atoms with Crippen LogP contribution in [-0.4, -0.2) is 84.2 Å². The van der Waals surface area contributed by atoms with Gasteiger partial charge in [-0.1, -0.05) is 45.4 Å². The molecular weight excluding hydrogens is 360 g/mol. The summed E-state index contributed by atoms with van der Waals surface area (Å²) in [5.41, 5.74) is -1.39. The van der Waals surface area contributed by atoms with Gasteiger partial charge < -0.3 is 35.4 Å². The Balaban J connectivity index is -0.0000000789. The third-order valence-corrected chi connectivity index (χ3v) is 3.02. The number of carbonyl (C=O) groups is 2. The number of aliphatic hydroxyl groups is 4. The standard InChI is InChI=1S/C6H12.C5H10O4.C3H6O2.C2H6O.2CH4O/c1-2-4-6-5-3-1;1-5(2-6,3-7)4(8)9;1-2-3(4)5;1-3-2;2*1-2/h1-6H2;6-7H,2-3H2,1H3,(H,8,9);2H2,1H3,(H,4,5);1-2H3;2*2H,1H3. The maximum absolute atomic E-state index is 10.2. The van der Waals surface area contributed by atoms with Crippen molar-refractivity contribution in [2.45, 2.75) is 58.8 Å².